The van der Waals surface area contributed by atoms with Crippen molar-refractivity contribution in [1.82, 2.24) is 10.6 Å². The summed E-state index contributed by atoms with van der Waals surface area (Å²) in [6, 6.07) is 6.01. The van der Waals surface area contributed by atoms with Gasteiger partial charge in [0.05, 0.1) is 17.5 Å². The van der Waals surface area contributed by atoms with Crippen molar-refractivity contribution in [3.8, 4) is 0 Å². The Balaban J connectivity index is 2.66. The second-order valence-electron chi connectivity index (χ2n) is 3.92. The van der Waals surface area contributed by atoms with Crippen molar-refractivity contribution in [2.75, 3.05) is 13.1 Å². The average molecular weight is 251 g/mol. The van der Waals surface area contributed by atoms with E-state index in [1.807, 2.05) is 6.92 Å². The maximum Gasteiger partial charge on any atom is 0.269 e. The number of nitro groups is 1. The highest BCUT2D eigenvalue weighted by Crippen LogP contribution is 2.18. The minimum atomic E-state index is -0.448. The minimum Gasteiger partial charge on any atom is -0.348 e. The highest BCUT2D eigenvalue weighted by molar-refractivity contribution is 5.78. The summed E-state index contributed by atoms with van der Waals surface area (Å²) in [5.74, 6) is -0.129. The number of nitro benzene ring substituents is 1. The maximum atomic E-state index is 11.5. The van der Waals surface area contributed by atoms with Crippen LogP contribution < -0.4 is 10.6 Å². The topological polar surface area (TPSA) is 84.3 Å². The first-order valence-corrected chi connectivity index (χ1v) is 5.79. The van der Waals surface area contributed by atoms with Crippen molar-refractivity contribution in [1.29, 1.82) is 0 Å². The molecule has 0 aliphatic heterocycles. The van der Waals surface area contributed by atoms with E-state index < -0.39 is 4.92 Å². The van der Waals surface area contributed by atoms with E-state index in [0.29, 0.717) is 5.56 Å². The maximum absolute atomic E-state index is 11.5. The van der Waals surface area contributed by atoms with Gasteiger partial charge in [-0.3, -0.25) is 14.9 Å². The van der Waals surface area contributed by atoms with Gasteiger partial charge in [0.15, 0.2) is 0 Å². The zero-order chi connectivity index (χ0) is 13.5. The molecule has 2 N–H and O–H groups in total. The van der Waals surface area contributed by atoms with Gasteiger partial charge in [-0.1, -0.05) is 19.1 Å². The Kier molecular flexibility index (Phi) is 5.26. The second kappa shape index (κ2) is 6.70. The fourth-order valence-electron chi connectivity index (χ4n) is 1.52. The first-order chi connectivity index (χ1) is 8.54. The van der Waals surface area contributed by atoms with E-state index in [1.165, 1.54) is 12.1 Å². The third-order valence-corrected chi connectivity index (χ3v) is 2.49. The standard InChI is InChI=1S/C12H17N3O3/c1-3-13-8-12(16)14-9(2)10-5-4-6-11(7-10)15(17)18/h4-7,9,13H,3,8H2,1-2H3,(H,14,16). The van der Waals surface area contributed by atoms with Gasteiger partial charge in [-0.25, -0.2) is 0 Å². The molecule has 98 valence electrons. The monoisotopic (exact) mass is 251 g/mol. The van der Waals surface area contributed by atoms with Crippen molar-refractivity contribution >= 4 is 11.6 Å². The van der Waals surface area contributed by atoms with Gasteiger partial charge in [0.1, 0.15) is 0 Å². The van der Waals surface area contributed by atoms with Gasteiger partial charge in [-0.2, -0.15) is 0 Å². The van der Waals surface area contributed by atoms with E-state index in [0.717, 1.165) is 6.54 Å². The quantitative estimate of drug-likeness (QED) is 0.591. The number of benzene rings is 1. The van der Waals surface area contributed by atoms with Crippen LogP contribution in [-0.2, 0) is 4.79 Å². The summed E-state index contributed by atoms with van der Waals surface area (Å²) >= 11 is 0. The van der Waals surface area contributed by atoms with Crippen LogP contribution in [0.3, 0.4) is 0 Å². The Morgan fingerprint density at radius 1 is 1.50 bits per heavy atom. The molecule has 0 spiro atoms. The van der Waals surface area contributed by atoms with E-state index in [4.69, 9.17) is 0 Å². The van der Waals surface area contributed by atoms with Gasteiger partial charge >= 0.3 is 0 Å². The SMILES string of the molecule is CCNCC(=O)NC(C)c1cccc([N+](=O)[O-])c1. The number of hydrogen-bond donors (Lipinski definition) is 2. The van der Waals surface area contributed by atoms with Gasteiger partial charge in [-0.05, 0) is 19.0 Å². The molecule has 0 saturated heterocycles. The van der Waals surface area contributed by atoms with Crippen molar-refractivity contribution in [2.24, 2.45) is 0 Å². The van der Waals surface area contributed by atoms with E-state index >= 15 is 0 Å². The number of carbonyl (C=O) groups excluding carboxylic acids is 1. The van der Waals surface area contributed by atoms with Gasteiger partial charge in [-0.15, -0.1) is 0 Å². The smallest absolute Gasteiger partial charge is 0.269 e. The van der Waals surface area contributed by atoms with Gasteiger partial charge < -0.3 is 10.6 Å². The molecule has 0 heterocycles. The summed E-state index contributed by atoms with van der Waals surface area (Å²) in [5.41, 5.74) is 0.745. The van der Waals surface area contributed by atoms with Crippen molar-refractivity contribution in [2.45, 2.75) is 19.9 Å². The molecule has 0 radical (unpaired) electrons. The van der Waals surface area contributed by atoms with Crippen LogP contribution >= 0.6 is 0 Å². The molecule has 18 heavy (non-hydrogen) atoms. The number of nitrogens with one attached hydrogen (secondary N) is 2. The number of nitrogens with zero attached hydrogens (tertiary/aromatic N) is 1. The zero-order valence-corrected chi connectivity index (χ0v) is 10.5. The van der Waals surface area contributed by atoms with Gasteiger partial charge in [0.2, 0.25) is 5.91 Å². The lowest BCUT2D eigenvalue weighted by molar-refractivity contribution is -0.384. The Hall–Kier alpha value is -1.95. The summed E-state index contributed by atoms with van der Waals surface area (Å²) < 4.78 is 0. The lowest BCUT2D eigenvalue weighted by atomic mass is 10.1. The summed E-state index contributed by atoms with van der Waals surface area (Å²) in [7, 11) is 0. The van der Waals surface area contributed by atoms with Crippen molar-refractivity contribution in [3.63, 3.8) is 0 Å². The van der Waals surface area contributed by atoms with Gasteiger partial charge in [0.25, 0.3) is 5.69 Å². The van der Waals surface area contributed by atoms with Crippen molar-refractivity contribution < 1.29 is 9.72 Å². The summed E-state index contributed by atoms with van der Waals surface area (Å²) in [6.07, 6.45) is 0. The molecule has 0 saturated carbocycles. The van der Waals surface area contributed by atoms with Gasteiger partial charge in [0, 0.05) is 12.1 Å². The fraction of sp³-hybridized carbons (Fsp3) is 0.417. The zero-order valence-electron chi connectivity index (χ0n) is 10.5. The molecule has 0 aliphatic carbocycles. The summed E-state index contributed by atoms with van der Waals surface area (Å²) in [5, 5.41) is 16.3. The number of hydrogen-bond acceptors (Lipinski definition) is 4. The Morgan fingerprint density at radius 2 is 2.22 bits per heavy atom. The molecule has 1 rings (SSSR count). The third-order valence-electron chi connectivity index (χ3n) is 2.49. The van der Waals surface area contributed by atoms with E-state index in [2.05, 4.69) is 10.6 Å². The van der Waals surface area contributed by atoms with E-state index in [9.17, 15) is 14.9 Å². The molecule has 1 atom stereocenters. The van der Waals surface area contributed by atoms with Crippen LogP contribution in [0.5, 0.6) is 0 Å². The average Bonchev–Trinajstić information content (AvgIpc) is 2.36. The molecular weight excluding hydrogens is 234 g/mol. The van der Waals surface area contributed by atoms with E-state index in [-0.39, 0.29) is 24.2 Å². The minimum absolute atomic E-state index is 0.0280. The molecule has 1 aromatic rings. The molecule has 1 unspecified atom stereocenters. The number of carbonyl (C=O) groups is 1. The Labute approximate surface area is 106 Å². The molecule has 1 aromatic carbocycles. The summed E-state index contributed by atoms with van der Waals surface area (Å²) in [4.78, 5) is 21.7. The Morgan fingerprint density at radius 3 is 2.83 bits per heavy atom. The first kappa shape index (κ1) is 14.1. The molecule has 6 nitrogen and oxygen atoms in total. The first-order valence-electron chi connectivity index (χ1n) is 5.79. The van der Waals surface area contributed by atoms with Crippen molar-refractivity contribution in [3.05, 3.63) is 39.9 Å². The predicted molar refractivity (Wildman–Crippen MR) is 68.2 cm³/mol. The molecule has 0 bridgehead atoms. The number of likely N-dealkylation sites (N-methyl/N-ethyl adjacent to an activating group) is 1. The van der Waals surface area contributed by atoms with E-state index in [1.54, 1.807) is 19.1 Å². The van der Waals surface area contributed by atoms with Crippen LogP contribution in [0.25, 0.3) is 0 Å². The van der Waals surface area contributed by atoms with Crippen LogP contribution in [0.4, 0.5) is 5.69 Å². The molecular formula is C12H17N3O3. The molecule has 0 aromatic heterocycles. The van der Waals surface area contributed by atoms with Crippen LogP contribution in [0, 0.1) is 10.1 Å². The molecule has 0 fully saturated rings. The largest absolute Gasteiger partial charge is 0.348 e. The summed E-state index contributed by atoms with van der Waals surface area (Å²) in [6.45, 7) is 4.68. The predicted octanol–water partition coefficient (Wildman–Crippen LogP) is 1.38. The van der Waals surface area contributed by atoms with Crippen LogP contribution in [0.15, 0.2) is 24.3 Å². The number of rotatable bonds is 6. The normalized spacial score (nSPS) is 11.9. The molecule has 6 heteroatoms. The van der Waals surface area contributed by atoms with Crippen LogP contribution in [-0.4, -0.2) is 23.9 Å². The number of amides is 1. The highest BCUT2D eigenvalue weighted by atomic mass is 16.6. The fourth-order valence-corrected chi connectivity index (χ4v) is 1.52. The second-order valence-corrected chi connectivity index (χ2v) is 3.92. The highest BCUT2D eigenvalue weighted by Gasteiger charge is 2.12. The molecule has 1 amide bonds. The van der Waals surface area contributed by atoms with Crippen LogP contribution in [0.1, 0.15) is 25.5 Å². The van der Waals surface area contributed by atoms with Crippen LogP contribution in [0.2, 0.25) is 0 Å². The lowest BCUT2D eigenvalue weighted by Gasteiger charge is -2.14. The third kappa shape index (κ3) is 4.14. The lowest BCUT2D eigenvalue weighted by Crippen LogP contribution is -2.35. The Bertz CT molecular complexity index is 434. The molecule has 0 aliphatic rings. The number of non-ortho nitro benzene ring substituents is 1.